The molecule has 0 nitrogen and oxygen atoms in total. The Morgan fingerprint density at radius 3 is 1.94 bits per heavy atom. The van der Waals surface area contributed by atoms with E-state index in [0.717, 1.165) is 12.8 Å². The van der Waals surface area contributed by atoms with Gasteiger partial charge in [-0.05, 0) is 73.3 Å². The van der Waals surface area contributed by atoms with Crippen molar-refractivity contribution in [2.24, 2.45) is 0 Å². The van der Waals surface area contributed by atoms with Gasteiger partial charge in [0, 0.05) is 0 Å². The summed E-state index contributed by atoms with van der Waals surface area (Å²) in [5.74, 6) is 0.549. The first-order valence-electron chi connectivity index (χ1n) is 11.6. The molecule has 0 spiro atoms. The SMILES string of the molecule is CCC(Cc1ccccc1)c1ccc(-c2ccc3ccc4cccc5ccc2c3c45)cc1. The van der Waals surface area contributed by atoms with Gasteiger partial charge in [0.25, 0.3) is 0 Å². The molecular weight excluding hydrogens is 384 g/mol. The average molecular weight is 411 g/mol. The van der Waals surface area contributed by atoms with Crippen LogP contribution in [0.25, 0.3) is 43.4 Å². The van der Waals surface area contributed by atoms with Gasteiger partial charge in [0.2, 0.25) is 0 Å². The van der Waals surface area contributed by atoms with Crippen LogP contribution in [0, 0.1) is 0 Å². The third-order valence-electron chi connectivity index (χ3n) is 7.04. The van der Waals surface area contributed by atoms with Crippen LogP contribution in [0.5, 0.6) is 0 Å². The van der Waals surface area contributed by atoms with E-state index in [1.165, 1.54) is 54.6 Å². The molecule has 6 aromatic carbocycles. The predicted molar refractivity (Wildman–Crippen MR) is 139 cm³/mol. The van der Waals surface area contributed by atoms with Crippen LogP contribution in [0.15, 0.2) is 109 Å². The van der Waals surface area contributed by atoms with Crippen LogP contribution in [-0.4, -0.2) is 0 Å². The summed E-state index contributed by atoms with van der Waals surface area (Å²) in [5.41, 5.74) is 5.45. The van der Waals surface area contributed by atoms with Gasteiger partial charge < -0.3 is 0 Å². The second-order valence-corrected chi connectivity index (χ2v) is 8.89. The van der Waals surface area contributed by atoms with Crippen LogP contribution >= 0.6 is 0 Å². The van der Waals surface area contributed by atoms with Crippen LogP contribution < -0.4 is 0 Å². The topological polar surface area (TPSA) is 0 Å². The zero-order chi connectivity index (χ0) is 21.5. The van der Waals surface area contributed by atoms with Crippen molar-refractivity contribution < 1.29 is 0 Å². The Kier molecular flexibility index (Phi) is 4.65. The first-order chi connectivity index (χ1) is 15.8. The summed E-state index contributed by atoms with van der Waals surface area (Å²) in [6, 6.07) is 40.4. The van der Waals surface area contributed by atoms with E-state index in [1.54, 1.807) is 0 Å². The zero-order valence-corrected chi connectivity index (χ0v) is 18.4. The highest BCUT2D eigenvalue weighted by Crippen LogP contribution is 2.39. The Labute approximate surface area is 189 Å². The molecule has 1 atom stereocenters. The maximum absolute atomic E-state index is 2.34. The van der Waals surface area contributed by atoms with Crippen LogP contribution in [0.2, 0.25) is 0 Å². The van der Waals surface area contributed by atoms with E-state index in [2.05, 4.69) is 116 Å². The van der Waals surface area contributed by atoms with Gasteiger partial charge in [-0.2, -0.15) is 0 Å². The van der Waals surface area contributed by atoms with Crippen molar-refractivity contribution in [2.75, 3.05) is 0 Å². The fourth-order valence-corrected chi connectivity index (χ4v) is 5.32. The normalized spacial score (nSPS) is 12.7. The van der Waals surface area contributed by atoms with Gasteiger partial charge in [0.15, 0.2) is 0 Å². The molecule has 154 valence electrons. The summed E-state index contributed by atoms with van der Waals surface area (Å²) in [4.78, 5) is 0. The summed E-state index contributed by atoms with van der Waals surface area (Å²) in [6.07, 6.45) is 2.24. The van der Waals surface area contributed by atoms with Crippen LogP contribution in [0.1, 0.15) is 30.4 Å². The summed E-state index contributed by atoms with van der Waals surface area (Å²) < 4.78 is 0. The second-order valence-electron chi connectivity index (χ2n) is 8.89. The molecule has 0 aromatic heterocycles. The Bertz CT molecular complexity index is 1490. The molecule has 6 aromatic rings. The summed E-state index contributed by atoms with van der Waals surface area (Å²) in [7, 11) is 0. The van der Waals surface area contributed by atoms with E-state index < -0.39 is 0 Å². The van der Waals surface area contributed by atoms with Crippen molar-refractivity contribution in [2.45, 2.75) is 25.7 Å². The predicted octanol–water partition coefficient (Wildman–Crippen LogP) is 8.99. The Morgan fingerprint density at radius 1 is 0.562 bits per heavy atom. The minimum Gasteiger partial charge on any atom is -0.0648 e. The van der Waals surface area contributed by atoms with E-state index >= 15 is 0 Å². The van der Waals surface area contributed by atoms with Gasteiger partial charge in [-0.3, -0.25) is 0 Å². The van der Waals surface area contributed by atoms with Gasteiger partial charge in [0.1, 0.15) is 0 Å². The molecule has 0 fully saturated rings. The highest BCUT2D eigenvalue weighted by Gasteiger charge is 2.14. The zero-order valence-electron chi connectivity index (χ0n) is 18.4. The largest absolute Gasteiger partial charge is 0.0648 e. The van der Waals surface area contributed by atoms with Gasteiger partial charge in [-0.1, -0.05) is 116 Å². The van der Waals surface area contributed by atoms with Gasteiger partial charge in [-0.25, -0.2) is 0 Å². The van der Waals surface area contributed by atoms with Crippen molar-refractivity contribution in [3.8, 4) is 11.1 Å². The van der Waals surface area contributed by atoms with Crippen molar-refractivity contribution >= 4 is 32.3 Å². The quantitative estimate of drug-likeness (QED) is 0.249. The lowest BCUT2D eigenvalue weighted by atomic mass is 9.87. The first-order valence-corrected chi connectivity index (χ1v) is 11.6. The summed E-state index contributed by atoms with van der Waals surface area (Å²) in [6.45, 7) is 2.29. The van der Waals surface area contributed by atoms with Crippen molar-refractivity contribution in [3.63, 3.8) is 0 Å². The van der Waals surface area contributed by atoms with E-state index in [-0.39, 0.29) is 0 Å². The standard InChI is InChI=1S/C32H26/c1-2-23(21-22-7-4-3-5-8-22)24-11-13-25(14-12-24)29-19-17-28-16-15-26-9-6-10-27-18-20-30(29)32(28)31(26)27/h3-20,23H,2,21H2,1H3. The minimum atomic E-state index is 0.549. The van der Waals surface area contributed by atoms with Crippen molar-refractivity contribution in [3.05, 3.63) is 120 Å². The smallest absolute Gasteiger partial charge is 0.00206 e. The number of hydrogen-bond donors (Lipinski definition) is 0. The second kappa shape index (κ2) is 7.80. The molecule has 0 N–H and O–H groups in total. The molecule has 0 aliphatic heterocycles. The van der Waals surface area contributed by atoms with Gasteiger partial charge >= 0.3 is 0 Å². The van der Waals surface area contributed by atoms with E-state index in [0.29, 0.717) is 5.92 Å². The van der Waals surface area contributed by atoms with E-state index in [9.17, 15) is 0 Å². The molecule has 32 heavy (non-hydrogen) atoms. The maximum Gasteiger partial charge on any atom is -0.00206 e. The Morgan fingerprint density at radius 2 is 1.22 bits per heavy atom. The average Bonchev–Trinajstić information content (AvgIpc) is 2.86. The summed E-state index contributed by atoms with van der Waals surface area (Å²) >= 11 is 0. The van der Waals surface area contributed by atoms with E-state index in [4.69, 9.17) is 0 Å². The molecule has 6 rings (SSSR count). The van der Waals surface area contributed by atoms with Crippen LogP contribution in [0.3, 0.4) is 0 Å². The molecule has 0 bridgehead atoms. The highest BCUT2D eigenvalue weighted by molar-refractivity contribution is 6.25. The monoisotopic (exact) mass is 410 g/mol. The Balaban J connectivity index is 1.42. The Hall–Kier alpha value is -3.64. The van der Waals surface area contributed by atoms with Gasteiger partial charge in [0.05, 0.1) is 0 Å². The number of hydrogen-bond acceptors (Lipinski definition) is 0. The molecule has 0 aliphatic carbocycles. The minimum absolute atomic E-state index is 0.549. The lowest BCUT2D eigenvalue weighted by Gasteiger charge is -2.17. The molecule has 0 heterocycles. The summed E-state index contributed by atoms with van der Waals surface area (Å²) in [5, 5.41) is 8.07. The molecule has 0 heteroatoms. The lowest BCUT2D eigenvalue weighted by Crippen LogP contribution is -2.01. The number of benzene rings is 6. The molecule has 0 radical (unpaired) electrons. The van der Waals surface area contributed by atoms with E-state index in [1.807, 2.05) is 0 Å². The molecular formula is C32H26. The number of rotatable bonds is 5. The maximum atomic E-state index is 2.34. The molecule has 0 amide bonds. The molecule has 0 saturated heterocycles. The molecule has 0 saturated carbocycles. The van der Waals surface area contributed by atoms with Gasteiger partial charge in [-0.15, -0.1) is 0 Å². The first kappa shape index (κ1) is 19.1. The fourth-order valence-electron chi connectivity index (χ4n) is 5.32. The third kappa shape index (κ3) is 3.15. The fraction of sp³-hybridized carbons (Fsp3) is 0.125. The molecule has 0 aliphatic rings. The lowest BCUT2D eigenvalue weighted by molar-refractivity contribution is 0.660. The van der Waals surface area contributed by atoms with Crippen LogP contribution in [0.4, 0.5) is 0 Å². The highest BCUT2D eigenvalue weighted by atomic mass is 14.2. The van der Waals surface area contributed by atoms with Crippen molar-refractivity contribution in [1.82, 2.24) is 0 Å². The van der Waals surface area contributed by atoms with Crippen LogP contribution in [-0.2, 0) is 6.42 Å². The molecule has 1 unspecified atom stereocenters. The van der Waals surface area contributed by atoms with Crippen molar-refractivity contribution in [1.29, 1.82) is 0 Å². The third-order valence-corrected chi connectivity index (χ3v) is 7.04.